The van der Waals surface area contributed by atoms with Crippen LogP contribution >= 0.6 is 0 Å². The summed E-state index contributed by atoms with van der Waals surface area (Å²) in [5, 5.41) is 7.72. The van der Waals surface area contributed by atoms with E-state index in [2.05, 4.69) is 59.6 Å². The highest BCUT2D eigenvalue weighted by Crippen LogP contribution is 2.28. The first-order valence-corrected chi connectivity index (χ1v) is 10.2. The van der Waals surface area contributed by atoms with Gasteiger partial charge in [0.1, 0.15) is 0 Å². The van der Waals surface area contributed by atoms with Gasteiger partial charge in [-0.15, -0.1) is 0 Å². The molecular weight excluding hydrogens is 372 g/mol. The second-order valence-corrected chi connectivity index (χ2v) is 7.84. The number of hydrogen-bond donors (Lipinski definition) is 1. The molecule has 0 radical (unpaired) electrons. The first-order chi connectivity index (χ1) is 14.5. The molecule has 4 aromatic rings. The zero-order valence-electron chi connectivity index (χ0n) is 17.8. The van der Waals surface area contributed by atoms with Crippen LogP contribution in [0.5, 0.6) is 0 Å². The van der Waals surface area contributed by atoms with Crippen molar-refractivity contribution in [1.29, 1.82) is 0 Å². The lowest BCUT2D eigenvalue weighted by Crippen LogP contribution is -2.28. The average molecular weight is 399 g/mol. The number of amides is 1. The molecule has 0 spiro atoms. The van der Waals surface area contributed by atoms with Crippen LogP contribution in [0, 0.1) is 20.8 Å². The Morgan fingerprint density at radius 3 is 2.57 bits per heavy atom. The Morgan fingerprint density at radius 1 is 1.07 bits per heavy atom. The number of aryl methyl sites for hydroxylation is 3. The summed E-state index contributed by atoms with van der Waals surface area (Å²) in [4.78, 5) is 17.5. The standard InChI is InChI=1S/C25H26N4O/c1-16-9-8-12-21(13-16)23-18(3)28-29-19(4)22(15-26-24(23)29)25(30)27-14-17(2)20-10-6-5-7-11-20/h5-13,15,17H,14H2,1-4H3,(H,27,30)/t17-/m0/s1. The number of carbonyl (C=O) groups is 1. The van der Waals surface area contributed by atoms with Crippen LogP contribution in [-0.2, 0) is 0 Å². The van der Waals surface area contributed by atoms with Gasteiger partial charge in [-0.1, -0.05) is 67.1 Å². The first-order valence-electron chi connectivity index (χ1n) is 10.2. The molecule has 2 aromatic heterocycles. The van der Waals surface area contributed by atoms with Crippen molar-refractivity contribution in [3.05, 3.63) is 88.9 Å². The molecule has 0 fully saturated rings. The summed E-state index contributed by atoms with van der Waals surface area (Å²) in [6.45, 7) is 8.63. The molecule has 0 saturated heterocycles. The fourth-order valence-corrected chi connectivity index (χ4v) is 3.80. The van der Waals surface area contributed by atoms with E-state index in [4.69, 9.17) is 0 Å². The molecule has 4 rings (SSSR count). The van der Waals surface area contributed by atoms with Crippen molar-refractivity contribution in [2.45, 2.75) is 33.6 Å². The summed E-state index contributed by atoms with van der Waals surface area (Å²) in [6.07, 6.45) is 1.66. The van der Waals surface area contributed by atoms with E-state index in [1.165, 1.54) is 11.1 Å². The van der Waals surface area contributed by atoms with E-state index in [9.17, 15) is 4.79 Å². The maximum atomic E-state index is 12.9. The summed E-state index contributed by atoms with van der Waals surface area (Å²) in [7, 11) is 0. The molecule has 0 aliphatic carbocycles. The zero-order valence-corrected chi connectivity index (χ0v) is 17.8. The summed E-state index contributed by atoms with van der Waals surface area (Å²) in [6, 6.07) is 18.5. The van der Waals surface area contributed by atoms with Crippen molar-refractivity contribution in [2.24, 2.45) is 0 Å². The molecule has 2 aromatic carbocycles. The smallest absolute Gasteiger partial charge is 0.254 e. The third kappa shape index (κ3) is 3.71. The lowest BCUT2D eigenvalue weighted by Gasteiger charge is -2.14. The van der Waals surface area contributed by atoms with Crippen molar-refractivity contribution in [1.82, 2.24) is 19.9 Å². The highest BCUT2D eigenvalue weighted by molar-refractivity contribution is 5.95. The number of nitrogens with one attached hydrogen (secondary N) is 1. The van der Waals surface area contributed by atoms with E-state index in [0.717, 1.165) is 28.2 Å². The van der Waals surface area contributed by atoms with Crippen LogP contribution in [0.3, 0.4) is 0 Å². The summed E-state index contributed by atoms with van der Waals surface area (Å²) < 4.78 is 1.78. The molecule has 1 amide bonds. The zero-order chi connectivity index (χ0) is 21.3. The minimum atomic E-state index is -0.130. The van der Waals surface area contributed by atoms with Crippen molar-refractivity contribution in [3.8, 4) is 11.1 Å². The Balaban J connectivity index is 1.61. The van der Waals surface area contributed by atoms with Gasteiger partial charge in [0.15, 0.2) is 5.65 Å². The molecule has 0 unspecified atom stereocenters. The molecule has 1 N–H and O–H groups in total. The Bertz CT molecular complexity index is 1210. The second-order valence-electron chi connectivity index (χ2n) is 7.84. The normalized spacial score (nSPS) is 12.1. The van der Waals surface area contributed by atoms with Gasteiger partial charge in [0, 0.05) is 18.3 Å². The Morgan fingerprint density at radius 2 is 1.83 bits per heavy atom. The molecule has 152 valence electrons. The average Bonchev–Trinajstić information content (AvgIpc) is 3.09. The molecule has 2 heterocycles. The van der Waals surface area contributed by atoms with Crippen molar-refractivity contribution in [3.63, 3.8) is 0 Å². The lowest BCUT2D eigenvalue weighted by molar-refractivity contribution is 0.0950. The molecule has 1 atom stereocenters. The van der Waals surface area contributed by atoms with Gasteiger partial charge >= 0.3 is 0 Å². The summed E-state index contributed by atoms with van der Waals surface area (Å²) in [5.74, 6) is 0.0990. The Labute approximate surface area is 176 Å². The van der Waals surface area contributed by atoms with Crippen molar-refractivity contribution in [2.75, 3.05) is 6.54 Å². The van der Waals surface area contributed by atoms with Crippen molar-refractivity contribution < 1.29 is 4.79 Å². The molecule has 0 aliphatic rings. The molecule has 30 heavy (non-hydrogen) atoms. The fraction of sp³-hybridized carbons (Fsp3) is 0.240. The third-order valence-corrected chi connectivity index (χ3v) is 5.55. The SMILES string of the molecule is Cc1cccc(-c2c(C)nn3c(C)c(C(=O)NC[C@H](C)c4ccccc4)cnc23)c1. The second kappa shape index (κ2) is 8.11. The minimum Gasteiger partial charge on any atom is -0.351 e. The van der Waals surface area contributed by atoms with E-state index >= 15 is 0 Å². The van der Waals surface area contributed by atoms with Crippen LogP contribution in [0.1, 0.15) is 45.7 Å². The Kier molecular flexibility index (Phi) is 5.36. The van der Waals surface area contributed by atoms with Crippen LogP contribution in [0.15, 0.2) is 60.8 Å². The van der Waals surface area contributed by atoms with E-state index in [1.807, 2.05) is 38.1 Å². The van der Waals surface area contributed by atoms with Crippen LogP contribution in [0.4, 0.5) is 0 Å². The van der Waals surface area contributed by atoms with E-state index in [-0.39, 0.29) is 11.8 Å². The molecular formula is C25H26N4O. The highest BCUT2D eigenvalue weighted by Gasteiger charge is 2.19. The van der Waals surface area contributed by atoms with Gasteiger partial charge in [0.25, 0.3) is 5.91 Å². The van der Waals surface area contributed by atoms with Crippen molar-refractivity contribution >= 4 is 11.6 Å². The van der Waals surface area contributed by atoms with Crippen LogP contribution in [0.2, 0.25) is 0 Å². The van der Waals surface area contributed by atoms with Crippen LogP contribution in [-0.4, -0.2) is 27.0 Å². The maximum Gasteiger partial charge on any atom is 0.254 e. The first kappa shape index (κ1) is 19.8. The van der Waals surface area contributed by atoms with E-state index < -0.39 is 0 Å². The van der Waals surface area contributed by atoms with Gasteiger partial charge < -0.3 is 5.32 Å². The summed E-state index contributed by atoms with van der Waals surface area (Å²) in [5.41, 5.74) is 7.47. The molecule has 0 bridgehead atoms. The molecule has 5 nitrogen and oxygen atoms in total. The molecule has 0 saturated carbocycles. The number of nitrogens with zero attached hydrogens (tertiary/aromatic N) is 3. The number of hydrogen-bond acceptors (Lipinski definition) is 3. The number of aromatic nitrogens is 3. The topological polar surface area (TPSA) is 59.3 Å². The maximum absolute atomic E-state index is 12.9. The number of carbonyl (C=O) groups excluding carboxylic acids is 1. The number of benzene rings is 2. The number of rotatable bonds is 5. The Hall–Kier alpha value is -3.47. The lowest BCUT2D eigenvalue weighted by atomic mass is 10.0. The predicted octanol–water partition coefficient (Wildman–Crippen LogP) is 4.86. The fourth-order valence-electron chi connectivity index (χ4n) is 3.80. The van der Waals surface area contributed by atoms with Crippen LogP contribution in [0.25, 0.3) is 16.8 Å². The van der Waals surface area contributed by atoms with Crippen LogP contribution < -0.4 is 5.32 Å². The molecule has 5 heteroatoms. The van der Waals surface area contributed by atoms with E-state index in [0.29, 0.717) is 12.1 Å². The largest absolute Gasteiger partial charge is 0.351 e. The summed E-state index contributed by atoms with van der Waals surface area (Å²) >= 11 is 0. The highest BCUT2D eigenvalue weighted by atomic mass is 16.1. The molecule has 0 aliphatic heterocycles. The van der Waals surface area contributed by atoms with Gasteiger partial charge in [-0.3, -0.25) is 4.79 Å². The van der Waals surface area contributed by atoms with Gasteiger partial charge in [0.05, 0.1) is 17.0 Å². The minimum absolute atomic E-state index is 0.130. The van der Waals surface area contributed by atoms with Gasteiger partial charge in [-0.05, 0) is 37.8 Å². The quantitative estimate of drug-likeness (QED) is 0.522. The number of fused-ring (bicyclic) bond motifs is 1. The van der Waals surface area contributed by atoms with Gasteiger partial charge in [-0.25, -0.2) is 9.50 Å². The predicted molar refractivity (Wildman–Crippen MR) is 120 cm³/mol. The van der Waals surface area contributed by atoms with Gasteiger partial charge in [0.2, 0.25) is 0 Å². The van der Waals surface area contributed by atoms with E-state index in [1.54, 1.807) is 10.7 Å². The monoisotopic (exact) mass is 398 g/mol. The van der Waals surface area contributed by atoms with Gasteiger partial charge in [-0.2, -0.15) is 5.10 Å². The third-order valence-electron chi connectivity index (χ3n) is 5.55.